The van der Waals surface area contributed by atoms with Crippen LogP contribution in [0.2, 0.25) is 0 Å². The molecule has 6 heteroatoms. The number of esters is 1. The maximum absolute atomic E-state index is 12.2. The number of carbonyl (C=O) groups excluding carboxylic acids is 1. The SMILES string of the molecule is O=C(Oc1cnc2ccccc2n1)c1cnc2ccccc2n1. The van der Waals surface area contributed by atoms with Gasteiger partial charge in [-0.1, -0.05) is 24.3 Å². The molecule has 0 aliphatic heterocycles. The number of fused-ring (bicyclic) bond motifs is 2. The largest absolute Gasteiger partial charge is 0.401 e. The number of ether oxygens (including phenoxy) is 1. The van der Waals surface area contributed by atoms with Crippen LogP contribution in [-0.4, -0.2) is 25.9 Å². The van der Waals surface area contributed by atoms with Gasteiger partial charge in [-0.2, -0.15) is 0 Å². The molecule has 0 spiro atoms. The predicted octanol–water partition coefficient (Wildman–Crippen LogP) is 2.79. The topological polar surface area (TPSA) is 77.9 Å². The average molecular weight is 302 g/mol. The van der Waals surface area contributed by atoms with Gasteiger partial charge in [0.1, 0.15) is 0 Å². The molecule has 4 aromatic rings. The summed E-state index contributed by atoms with van der Waals surface area (Å²) in [4.78, 5) is 29.1. The third kappa shape index (κ3) is 2.57. The number of hydrogen-bond acceptors (Lipinski definition) is 6. The Kier molecular flexibility index (Phi) is 3.12. The number of nitrogens with zero attached hydrogens (tertiary/aromatic N) is 4. The van der Waals surface area contributed by atoms with Crippen molar-refractivity contribution < 1.29 is 9.53 Å². The molecule has 4 rings (SSSR count). The Morgan fingerprint density at radius 2 is 1.30 bits per heavy atom. The first-order chi connectivity index (χ1) is 11.3. The third-order valence-electron chi connectivity index (χ3n) is 3.28. The summed E-state index contributed by atoms with van der Waals surface area (Å²) in [7, 11) is 0. The molecule has 2 aromatic carbocycles. The van der Waals surface area contributed by atoms with Crippen molar-refractivity contribution >= 4 is 28.0 Å². The first-order valence-electron chi connectivity index (χ1n) is 6.95. The second-order valence-corrected chi connectivity index (χ2v) is 4.83. The Labute approximate surface area is 130 Å². The summed E-state index contributed by atoms with van der Waals surface area (Å²) in [6, 6.07) is 14.7. The monoisotopic (exact) mass is 302 g/mol. The number of carbonyl (C=O) groups is 1. The zero-order chi connectivity index (χ0) is 15.6. The highest BCUT2D eigenvalue weighted by Gasteiger charge is 2.13. The normalized spacial score (nSPS) is 10.8. The highest BCUT2D eigenvalue weighted by atomic mass is 16.5. The van der Waals surface area contributed by atoms with Gasteiger partial charge in [-0.05, 0) is 24.3 Å². The van der Waals surface area contributed by atoms with Crippen LogP contribution in [0, 0.1) is 0 Å². The molecule has 23 heavy (non-hydrogen) atoms. The molecule has 0 aliphatic rings. The van der Waals surface area contributed by atoms with Crippen LogP contribution in [0.25, 0.3) is 22.1 Å². The summed E-state index contributed by atoms with van der Waals surface area (Å²) >= 11 is 0. The lowest BCUT2D eigenvalue weighted by Crippen LogP contribution is -2.12. The summed E-state index contributed by atoms with van der Waals surface area (Å²) in [5.74, 6) is -0.489. The molecule has 2 aromatic heterocycles. The third-order valence-corrected chi connectivity index (χ3v) is 3.28. The van der Waals surface area contributed by atoms with E-state index >= 15 is 0 Å². The van der Waals surface area contributed by atoms with Crippen molar-refractivity contribution in [2.75, 3.05) is 0 Å². The first kappa shape index (κ1) is 13.3. The summed E-state index contributed by atoms with van der Waals surface area (Å²) < 4.78 is 5.24. The van der Waals surface area contributed by atoms with Gasteiger partial charge in [0.15, 0.2) is 5.69 Å². The highest BCUT2D eigenvalue weighted by molar-refractivity contribution is 5.90. The van der Waals surface area contributed by atoms with Crippen LogP contribution < -0.4 is 4.74 Å². The van der Waals surface area contributed by atoms with Crippen molar-refractivity contribution in [3.05, 3.63) is 66.6 Å². The van der Waals surface area contributed by atoms with Gasteiger partial charge >= 0.3 is 5.97 Å². The van der Waals surface area contributed by atoms with Crippen LogP contribution >= 0.6 is 0 Å². The second-order valence-electron chi connectivity index (χ2n) is 4.83. The maximum atomic E-state index is 12.2. The van der Waals surface area contributed by atoms with E-state index in [1.54, 1.807) is 12.1 Å². The fraction of sp³-hybridized carbons (Fsp3) is 0. The van der Waals surface area contributed by atoms with Crippen LogP contribution in [0.3, 0.4) is 0 Å². The molecule has 0 N–H and O–H groups in total. The van der Waals surface area contributed by atoms with E-state index in [0.717, 1.165) is 11.0 Å². The van der Waals surface area contributed by atoms with Gasteiger partial charge in [0.05, 0.1) is 34.5 Å². The number of benzene rings is 2. The Bertz CT molecular complexity index is 1030. The summed E-state index contributed by atoms with van der Waals surface area (Å²) in [5, 5.41) is 0. The lowest BCUT2D eigenvalue weighted by molar-refractivity contribution is 0.0721. The van der Waals surface area contributed by atoms with Crippen molar-refractivity contribution in [1.29, 1.82) is 0 Å². The van der Waals surface area contributed by atoms with E-state index < -0.39 is 5.97 Å². The van der Waals surface area contributed by atoms with Gasteiger partial charge in [-0.3, -0.25) is 4.98 Å². The van der Waals surface area contributed by atoms with E-state index in [9.17, 15) is 4.79 Å². The smallest absolute Gasteiger partial charge is 0.365 e. The highest BCUT2D eigenvalue weighted by Crippen LogP contribution is 2.15. The molecule has 0 amide bonds. The average Bonchev–Trinajstić information content (AvgIpc) is 2.61. The van der Waals surface area contributed by atoms with E-state index in [1.807, 2.05) is 36.4 Å². The number of para-hydroxylation sites is 4. The van der Waals surface area contributed by atoms with Crippen molar-refractivity contribution in [2.24, 2.45) is 0 Å². The number of hydrogen-bond donors (Lipinski definition) is 0. The van der Waals surface area contributed by atoms with Gasteiger partial charge in [0.2, 0.25) is 5.88 Å². The van der Waals surface area contributed by atoms with Crippen LogP contribution in [0.15, 0.2) is 60.9 Å². The molecule has 0 atom stereocenters. The fourth-order valence-electron chi connectivity index (χ4n) is 2.19. The molecule has 0 bridgehead atoms. The zero-order valence-corrected chi connectivity index (χ0v) is 11.9. The van der Waals surface area contributed by atoms with Gasteiger partial charge in [-0.25, -0.2) is 19.7 Å². The quantitative estimate of drug-likeness (QED) is 0.530. The molecule has 0 fully saturated rings. The van der Waals surface area contributed by atoms with Crippen molar-refractivity contribution in [3.63, 3.8) is 0 Å². The molecule has 0 aliphatic carbocycles. The van der Waals surface area contributed by atoms with E-state index in [-0.39, 0.29) is 11.6 Å². The lowest BCUT2D eigenvalue weighted by Gasteiger charge is -2.04. The molecule has 110 valence electrons. The van der Waals surface area contributed by atoms with Gasteiger partial charge in [0, 0.05) is 0 Å². The fourth-order valence-corrected chi connectivity index (χ4v) is 2.19. The van der Waals surface area contributed by atoms with E-state index in [0.29, 0.717) is 11.0 Å². The molecule has 0 radical (unpaired) electrons. The van der Waals surface area contributed by atoms with Crippen molar-refractivity contribution in [3.8, 4) is 5.88 Å². The molecule has 0 saturated heterocycles. The van der Waals surface area contributed by atoms with Crippen LogP contribution in [0.5, 0.6) is 5.88 Å². The Balaban J connectivity index is 1.64. The van der Waals surface area contributed by atoms with E-state index in [2.05, 4.69) is 19.9 Å². The van der Waals surface area contributed by atoms with Crippen LogP contribution in [-0.2, 0) is 0 Å². The zero-order valence-electron chi connectivity index (χ0n) is 11.9. The van der Waals surface area contributed by atoms with Crippen molar-refractivity contribution in [2.45, 2.75) is 0 Å². The molecule has 2 heterocycles. The van der Waals surface area contributed by atoms with Crippen LogP contribution in [0.1, 0.15) is 10.5 Å². The Morgan fingerprint density at radius 3 is 2.00 bits per heavy atom. The van der Waals surface area contributed by atoms with Gasteiger partial charge in [0.25, 0.3) is 0 Å². The lowest BCUT2D eigenvalue weighted by atomic mass is 10.3. The minimum Gasteiger partial charge on any atom is -0.401 e. The second kappa shape index (κ2) is 5.42. The Morgan fingerprint density at radius 1 is 0.739 bits per heavy atom. The van der Waals surface area contributed by atoms with Gasteiger partial charge in [-0.15, -0.1) is 0 Å². The summed E-state index contributed by atoms with van der Waals surface area (Å²) in [5.41, 5.74) is 2.86. The minimum absolute atomic E-state index is 0.124. The standard InChI is InChI=1S/C17H10N4O2/c22-17(15-9-18-11-5-1-3-7-13(11)20-15)23-16-10-19-12-6-2-4-8-14(12)21-16/h1-10H. The molecule has 6 nitrogen and oxygen atoms in total. The predicted molar refractivity (Wildman–Crippen MR) is 84.0 cm³/mol. The summed E-state index contributed by atoms with van der Waals surface area (Å²) in [6.45, 7) is 0. The maximum Gasteiger partial charge on any atom is 0.365 e. The van der Waals surface area contributed by atoms with Crippen molar-refractivity contribution in [1.82, 2.24) is 19.9 Å². The molecule has 0 saturated carbocycles. The first-order valence-corrected chi connectivity index (χ1v) is 6.95. The molecule has 0 unspecified atom stereocenters. The van der Waals surface area contributed by atoms with E-state index in [1.165, 1.54) is 12.4 Å². The van der Waals surface area contributed by atoms with Gasteiger partial charge < -0.3 is 4.74 Å². The minimum atomic E-state index is -0.618. The number of rotatable bonds is 2. The molecular weight excluding hydrogens is 292 g/mol. The summed E-state index contributed by atoms with van der Waals surface area (Å²) in [6.07, 6.45) is 2.80. The van der Waals surface area contributed by atoms with Crippen LogP contribution in [0.4, 0.5) is 0 Å². The van der Waals surface area contributed by atoms with E-state index in [4.69, 9.17) is 4.74 Å². The Hall–Kier alpha value is -3.41. The number of aromatic nitrogens is 4. The molecular formula is C17H10N4O2.